The number of halogens is 7. The zero-order valence-corrected chi connectivity index (χ0v) is 9.44. The van der Waals surface area contributed by atoms with Crippen molar-refractivity contribution in [3.8, 4) is 5.88 Å². The predicted octanol–water partition coefficient (Wildman–Crippen LogP) is 2.29. The Bertz CT molecular complexity index is 436. The molecule has 0 amide bonds. The highest BCUT2D eigenvalue weighted by Gasteiger charge is 2.59. The second-order valence-electron chi connectivity index (χ2n) is 3.07. The molecule has 0 bridgehead atoms. The normalized spacial score (nSPS) is 12.7. The molecule has 0 fully saturated rings. The highest BCUT2D eigenvalue weighted by molar-refractivity contribution is 6.31. The van der Waals surface area contributed by atoms with E-state index in [0.717, 1.165) is 6.20 Å². The molecule has 0 saturated carbocycles. The maximum Gasteiger partial charge on any atom is 0.434 e. The van der Waals surface area contributed by atoms with Gasteiger partial charge in [0.15, 0.2) is 0 Å². The van der Waals surface area contributed by atoms with Crippen molar-refractivity contribution >= 4 is 17.5 Å². The van der Waals surface area contributed by atoms with E-state index in [2.05, 4.69) is 14.7 Å². The number of nitrogens with two attached hydrogens (primary N) is 1. The van der Waals surface area contributed by atoms with Gasteiger partial charge >= 0.3 is 12.4 Å². The van der Waals surface area contributed by atoms with Crippen LogP contribution in [0, 0.1) is 0 Å². The molecule has 108 valence electrons. The minimum Gasteiger partial charge on any atom is -0.454 e. The molecule has 0 atom stereocenters. The highest BCUT2D eigenvalue weighted by atomic mass is 35.5. The lowest BCUT2D eigenvalue weighted by Gasteiger charge is -2.23. The number of alkyl halides is 6. The monoisotopic (exact) mass is 310 g/mol. The van der Waals surface area contributed by atoms with Gasteiger partial charge in [-0.25, -0.2) is 10.8 Å². The fourth-order valence-electron chi connectivity index (χ4n) is 0.935. The third-order valence-corrected chi connectivity index (χ3v) is 1.92. The van der Waals surface area contributed by atoms with Crippen LogP contribution in [0.1, 0.15) is 0 Å². The van der Waals surface area contributed by atoms with Crippen molar-refractivity contribution in [2.24, 2.45) is 5.84 Å². The Morgan fingerprint density at radius 3 is 2.16 bits per heavy atom. The molecule has 0 saturated heterocycles. The van der Waals surface area contributed by atoms with Crippen LogP contribution >= 0.6 is 11.6 Å². The number of nitrogens with zero attached hydrogens (tertiary/aromatic N) is 2. The van der Waals surface area contributed by atoms with Crippen LogP contribution < -0.4 is 16.0 Å². The summed E-state index contributed by atoms with van der Waals surface area (Å²) in [5.74, 6) is 3.30. The van der Waals surface area contributed by atoms with E-state index in [0.29, 0.717) is 0 Å². The van der Waals surface area contributed by atoms with Gasteiger partial charge in [0.2, 0.25) is 11.8 Å². The second-order valence-corrected chi connectivity index (χ2v) is 3.48. The summed E-state index contributed by atoms with van der Waals surface area (Å²) in [5, 5.41) is -0.627. The fraction of sp³-hybridized carbons (Fsp3) is 0.429. The Labute approximate surface area is 106 Å². The lowest BCUT2D eigenvalue weighted by atomic mass is 10.3. The maximum atomic E-state index is 12.2. The van der Waals surface area contributed by atoms with Gasteiger partial charge in [-0.05, 0) is 0 Å². The van der Waals surface area contributed by atoms with Gasteiger partial charge in [0, 0.05) is 0 Å². The molecule has 0 aromatic carbocycles. The van der Waals surface area contributed by atoms with E-state index in [1.165, 1.54) is 0 Å². The van der Waals surface area contributed by atoms with Crippen molar-refractivity contribution in [2.45, 2.75) is 18.5 Å². The van der Waals surface area contributed by atoms with E-state index in [1.54, 1.807) is 0 Å². The number of rotatable bonds is 3. The molecule has 19 heavy (non-hydrogen) atoms. The van der Waals surface area contributed by atoms with E-state index in [-0.39, 0.29) is 0 Å². The van der Waals surface area contributed by atoms with Gasteiger partial charge in [0.25, 0.3) is 6.10 Å². The van der Waals surface area contributed by atoms with E-state index < -0.39 is 35.3 Å². The summed E-state index contributed by atoms with van der Waals surface area (Å²) in [6, 6.07) is 0. The highest BCUT2D eigenvalue weighted by Crippen LogP contribution is 2.37. The number of hydrogen-bond donors (Lipinski definition) is 2. The number of aromatic nitrogens is 2. The van der Waals surface area contributed by atoms with Gasteiger partial charge in [0.05, 0.1) is 6.20 Å². The molecule has 0 radical (unpaired) electrons. The molecule has 0 aliphatic carbocycles. The van der Waals surface area contributed by atoms with Gasteiger partial charge < -0.3 is 4.74 Å². The third-order valence-electron chi connectivity index (χ3n) is 1.67. The molecule has 0 aliphatic heterocycles. The van der Waals surface area contributed by atoms with Gasteiger partial charge in [-0.3, -0.25) is 5.43 Å². The van der Waals surface area contributed by atoms with Gasteiger partial charge in [-0.2, -0.15) is 31.3 Å². The summed E-state index contributed by atoms with van der Waals surface area (Å²) in [6.07, 6.45) is -14.7. The van der Waals surface area contributed by atoms with E-state index in [9.17, 15) is 26.3 Å². The van der Waals surface area contributed by atoms with Crippen LogP contribution in [0.4, 0.5) is 32.3 Å². The molecule has 1 heterocycles. The molecule has 1 aromatic heterocycles. The van der Waals surface area contributed by atoms with Crippen LogP contribution in [-0.4, -0.2) is 28.4 Å². The molecular weight excluding hydrogens is 306 g/mol. The van der Waals surface area contributed by atoms with Gasteiger partial charge in [-0.1, -0.05) is 11.6 Å². The van der Waals surface area contributed by atoms with Crippen LogP contribution in [0.3, 0.4) is 0 Å². The van der Waals surface area contributed by atoms with Crippen LogP contribution in [0.2, 0.25) is 5.02 Å². The largest absolute Gasteiger partial charge is 0.454 e. The molecule has 1 rings (SSSR count). The zero-order valence-electron chi connectivity index (χ0n) is 8.68. The number of anilines is 1. The molecular formula is C7H5ClF6N4O. The smallest absolute Gasteiger partial charge is 0.434 e. The fourth-order valence-corrected chi connectivity index (χ4v) is 1.07. The standard InChI is InChI=1S/C7H5ClF6N4O/c8-2-1-16-5(18-15)17-3(2)19-4(6(9,10)11)7(12,13)14/h1,4H,15H2,(H,16,17,18). The first-order valence-corrected chi connectivity index (χ1v) is 4.72. The van der Waals surface area contributed by atoms with Crippen molar-refractivity contribution in [3.63, 3.8) is 0 Å². The number of nitrogens with one attached hydrogen (secondary N) is 1. The molecule has 0 spiro atoms. The Hall–Kier alpha value is -1.49. The minimum absolute atomic E-state index is 0.456. The Morgan fingerprint density at radius 2 is 1.74 bits per heavy atom. The number of nitrogen functional groups attached to an aromatic ring is 1. The van der Waals surface area contributed by atoms with Crippen molar-refractivity contribution in [1.29, 1.82) is 0 Å². The summed E-state index contributed by atoms with van der Waals surface area (Å²) in [5.41, 5.74) is 1.82. The average molecular weight is 311 g/mol. The van der Waals surface area contributed by atoms with Crippen LogP contribution in [0.15, 0.2) is 6.20 Å². The van der Waals surface area contributed by atoms with E-state index in [4.69, 9.17) is 17.4 Å². The quantitative estimate of drug-likeness (QED) is 0.509. The lowest BCUT2D eigenvalue weighted by molar-refractivity contribution is -0.300. The summed E-state index contributed by atoms with van der Waals surface area (Å²) < 4.78 is 77.3. The van der Waals surface area contributed by atoms with Crippen molar-refractivity contribution in [1.82, 2.24) is 9.97 Å². The molecule has 0 aliphatic rings. The molecule has 0 unspecified atom stereocenters. The summed E-state index contributed by atoms with van der Waals surface area (Å²) in [7, 11) is 0. The second kappa shape index (κ2) is 5.25. The first kappa shape index (κ1) is 15.6. The van der Waals surface area contributed by atoms with Crippen molar-refractivity contribution in [2.75, 3.05) is 5.43 Å². The molecule has 12 heteroatoms. The Balaban J connectivity index is 3.10. The number of hydrogen-bond acceptors (Lipinski definition) is 5. The van der Waals surface area contributed by atoms with Crippen LogP contribution in [0.5, 0.6) is 5.88 Å². The van der Waals surface area contributed by atoms with Gasteiger partial charge in [-0.15, -0.1) is 0 Å². The predicted molar refractivity (Wildman–Crippen MR) is 51.4 cm³/mol. The van der Waals surface area contributed by atoms with E-state index in [1.807, 2.05) is 5.43 Å². The Kier molecular flexibility index (Phi) is 4.30. The SMILES string of the molecule is NNc1ncc(Cl)c(OC(C(F)(F)F)C(F)(F)F)n1. The minimum atomic E-state index is -5.68. The van der Waals surface area contributed by atoms with Crippen molar-refractivity contribution in [3.05, 3.63) is 11.2 Å². The first-order chi connectivity index (χ1) is 8.55. The summed E-state index contributed by atoms with van der Waals surface area (Å²) in [6.45, 7) is 0. The molecule has 3 N–H and O–H groups in total. The number of ether oxygens (including phenoxy) is 1. The van der Waals surface area contributed by atoms with Crippen molar-refractivity contribution < 1.29 is 31.1 Å². The van der Waals surface area contributed by atoms with Gasteiger partial charge in [0.1, 0.15) is 5.02 Å². The zero-order chi connectivity index (χ0) is 14.8. The summed E-state index contributed by atoms with van der Waals surface area (Å²) >= 11 is 5.34. The number of hydrazine groups is 1. The third kappa shape index (κ3) is 3.99. The molecule has 1 aromatic rings. The first-order valence-electron chi connectivity index (χ1n) is 4.35. The lowest BCUT2D eigenvalue weighted by Crippen LogP contribution is -2.46. The average Bonchev–Trinajstić information content (AvgIpc) is 2.24. The summed E-state index contributed by atoms with van der Waals surface area (Å²) in [4.78, 5) is 6.52. The van der Waals surface area contributed by atoms with E-state index >= 15 is 0 Å². The van der Waals surface area contributed by atoms with Crippen LogP contribution in [0.25, 0.3) is 0 Å². The van der Waals surface area contributed by atoms with Crippen LogP contribution in [-0.2, 0) is 0 Å². The Morgan fingerprint density at radius 1 is 1.21 bits per heavy atom. The topological polar surface area (TPSA) is 73.1 Å². The maximum absolute atomic E-state index is 12.2. The molecule has 5 nitrogen and oxygen atoms in total.